The Bertz CT molecular complexity index is 744. The molecule has 0 radical (unpaired) electrons. The van der Waals surface area contributed by atoms with Crippen LogP contribution in [0.25, 0.3) is 4.96 Å². The summed E-state index contributed by atoms with van der Waals surface area (Å²) in [6, 6.07) is 8.51. The lowest BCUT2D eigenvalue weighted by atomic mass is 10.2. The molecular formula is C16H20N4S. The van der Waals surface area contributed by atoms with Crippen molar-refractivity contribution in [3.63, 3.8) is 0 Å². The summed E-state index contributed by atoms with van der Waals surface area (Å²) in [7, 11) is 2.08. The van der Waals surface area contributed by atoms with Gasteiger partial charge < -0.3 is 10.2 Å². The molecule has 2 aromatic heterocycles. The van der Waals surface area contributed by atoms with E-state index >= 15 is 0 Å². The molecule has 3 rings (SSSR count). The van der Waals surface area contributed by atoms with E-state index in [0.717, 1.165) is 23.9 Å². The van der Waals surface area contributed by atoms with E-state index in [0.29, 0.717) is 0 Å². The van der Waals surface area contributed by atoms with Crippen molar-refractivity contribution in [1.82, 2.24) is 14.7 Å². The number of imidazole rings is 1. The molecule has 3 aromatic rings. The zero-order valence-electron chi connectivity index (χ0n) is 12.6. The fourth-order valence-electron chi connectivity index (χ4n) is 2.46. The molecule has 0 amide bonds. The van der Waals surface area contributed by atoms with E-state index in [9.17, 15) is 0 Å². The first-order valence-electron chi connectivity index (χ1n) is 7.16. The van der Waals surface area contributed by atoms with Gasteiger partial charge in [-0.05, 0) is 31.2 Å². The molecule has 1 aromatic carbocycles. The van der Waals surface area contributed by atoms with Crippen LogP contribution >= 0.6 is 11.3 Å². The van der Waals surface area contributed by atoms with Crippen molar-refractivity contribution in [2.24, 2.45) is 0 Å². The highest BCUT2D eigenvalue weighted by atomic mass is 32.1. The second-order valence-corrected chi connectivity index (χ2v) is 5.99. The largest absolute Gasteiger partial charge is 0.328 e. The Morgan fingerprint density at radius 2 is 2.24 bits per heavy atom. The Balaban J connectivity index is 2.04. The van der Waals surface area contributed by atoms with Crippen molar-refractivity contribution in [3.05, 3.63) is 47.1 Å². The van der Waals surface area contributed by atoms with Crippen LogP contribution in [0.4, 0.5) is 11.5 Å². The SMILES string of the molecule is CCNCc1c(N(C)c2cccc(C)c2)nc2sccn12. The molecule has 0 fully saturated rings. The number of thiazole rings is 1. The van der Waals surface area contributed by atoms with Gasteiger partial charge in [-0.25, -0.2) is 4.98 Å². The first-order chi connectivity index (χ1) is 10.2. The lowest BCUT2D eigenvalue weighted by molar-refractivity contribution is 0.706. The molecule has 110 valence electrons. The van der Waals surface area contributed by atoms with Gasteiger partial charge >= 0.3 is 0 Å². The van der Waals surface area contributed by atoms with E-state index in [1.54, 1.807) is 11.3 Å². The van der Waals surface area contributed by atoms with E-state index in [4.69, 9.17) is 4.98 Å². The van der Waals surface area contributed by atoms with E-state index in [2.05, 4.69) is 71.4 Å². The van der Waals surface area contributed by atoms with Gasteiger partial charge in [0, 0.05) is 30.9 Å². The predicted molar refractivity (Wildman–Crippen MR) is 89.7 cm³/mol. The Morgan fingerprint density at radius 1 is 1.38 bits per heavy atom. The van der Waals surface area contributed by atoms with Gasteiger partial charge in [0.25, 0.3) is 0 Å². The van der Waals surface area contributed by atoms with Crippen LogP contribution in [0.2, 0.25) is 0 Å². The average Bonchev–Trinajstić information content (AvgIpc) is 3.05. The fraction of sp³-hybridized carbons (Fsp3) is 0.312. The lowest BCUT2D eigenvalue weighted by Crippen LogP contribution is -2.18. The van der Waals surface area contributed by atoms with Crippen LogP contribution in [0.3, 0.4) is 0 Å². The highest BCUT2D eigenvalue weighted by Crippen LogP contribution is 2.29. The van der Waals surface area contributed by atoms with Gasteiger partial charge in [0.1, 0.15) is 0 Å². The third-order valence-corrected chi connectivity index (χ3v) is 4.35. The van der Waals surface area contributed by atoms with Gasteiger partial charge in [0.2, 0.25) is 0 Å². The van der Waals surface area contributed by atoms with Gasteiger partial charge in [-0.3, -0.25) is 4.40 Å². The van der Waals surface area contributed by atoms with E-state index in [1.165, 1.54) is 16.9 Å². The normalized spacial score (nSPS) is 11.2. The minimum absolute atomic E-state index is 0.819. The summed E-state index contributed by atoms with van der Waals surface area (Å²) < 4.78 is 2.18. The Labute approximate surface area is 129 Å². The maximum Gasteiger partial charge on any atom is 0.195 e. The van der Waals surface area contributed by atoms with Crippen molar-refractivity contribution < 1.29 is 0 Å². The summed E-state index contributed by atoms with van der Waals surface area (Å²) in [6.07, 6.45) is 2.09. The second kappa shape index (κ2) is 5.87. The molecule has 0 bridgehead atoms. The van der Waals surface area contributed by atoms with Crippen LogP contribution in [0.1, 0.15) is 18.2 Å². The number of anilines is 2. The molecule has 21 heavy (non-hydrogen) atoms. The maximum atomic E-state index is 4.80. The Morgan fingerprint density at radius 3 is 3.00 bits per heavy atom. The van der Waals surface area contributed by atoms with Gasteiger partial charge in [-0.2, -0.15) is 0 Å². The maximum absolute atomic E-state index is 4.80. The number of hydrogen-bond donors (Lipinski definition) is 1. The van der Waals surface area contributed by atoms with Crippen LogP contribution in [-0.2, 0) is 6.54 Å². The summed E-state index contributed by atoms with van der Waals surface area (Å²) in [4.78, 5) is 8.00. The molecule has 5 heteroatoms. The van der Waals surface area contributed by atoms with Crippen molar-refractivity contribution in [2.75, 3.05) is 18.5 Å². The summed E-state index contributed by atoms with van der Waals surface area (Å²) in [6.45, 7) is 6.00. The molecule has 0 saturated heterocycles. The molecule has 1 N–H and O–H groups in total. The molecule has 0 aliphatic rings. The number of nitrogens with zero attached hydrogens (tertiary/aromatic N) is 3. The molecule has 0 spiro atoms. The van der Waals surface area contributed by atoms with Crippen LogP contribution < -0.4 is 10.2 Å². The van der Waals surface area contributed by atoms with Gasteiger partial charge in [0.15, 0.2) is 10.8 Å². The highest BCUT2D eigenvalue weighted by molar-refractivity contribution is 7.15. The van der Waals surface area contributed by atoms with E-state index < -0.39 is 0 Å². The van der Waals surface area contributed by atoms with Gasteiger partial charge in [-0.1, -0.05) is 19.1 Å². The predicted octanol–water partition coefficient (Wildman–Crippen LogP) is 3.58. The lowest BCUT2D eigenvalue weighted by Gasteiger charge is -2.19. The number of aromatic nitrogens is 2. The van der Waals surface area contributed by atoms with Gasteiger partial charge in [0.05, 0.1) is 5.69 Å². The molecule has 0 aliphatic carbocycles. The summed E-state index contributed by atoms with van der Waals surface area (Å²) in [5, 5.41) is 5.49. The monoisotopic (exact) mass is 300 g/mol. The molecule has 0 atom stereocenters. The first kappa shape index (κ1) is 14.1. The van der Waals surface area contributed by atoms with Crippen molar-refractivity contribution in [3.8, 4) is 0 Å². The molecule has 0 unspecified atom stereocenters. The van der Waals surface area contributed by atoms with Crippen molar-refractivity contribution in [2.45, 2.75) is 20.4 Å². The number of rotatable bonds is 5. The number of fused-ring (bicyclic) bond motifs is 1. The van der Waals surface area contributed by atoms with Crippen molar-refractivity contribution in [1.29, 1.82) is 0 Å². The first-order valence-corrected chi connectivity index (χ1v) is 8.04. The fourth-order valence-corrected chi connectivity index (χ4v) is 3.18. The average molecular weight is 300 g/mol. The number of benzene rings is 1. The smallest absolute Gasteiger partial charge is 0.195 e. The van der Waals surface area contributed by atoms with Gasteiger partial charge in [-0.15, -0.1) is 11.3 Å². The van der Waals surface area contributed by atoms with Crippen molar-refractivity contribution >= 4 is 27.8 Å². The third kappa shape index (κ3) is 2.66. The number of hydrogen-bond acceptors (Lipinski definition) is 4. The van der Waals surface area contributed by atoms with Crippen LogP contribution in [-0.4, -0.2) is 23.0 Å². The standard InChI is InChI=1S/C16H20N4S/c1-4-17-11-14-15(18-16-20(14)8-9-21-16)19(3)13-7-5-6-12(2)10-13/h5-10,17H,4,11H2,1-3H3. The number of aryl methyl sites for hydroxylation is 1. The van der Waals surface area contributed by atoms with Crippen LogP contribution in [0, 0.1) is 6.92 Å². The molecule has 2 heterocycles. The summed E-state index contributed by atoms with van der Waals surface area (Å²) in [5.41, 5.74) is 3.63. The third-order valence-electron chi connectivity index (χ3n) is 3.59. The molecule has 0 saturated carbocycles. The van der Waals surface area contributed by atoms with Crippen LogP contribution in [0.15, 0.2) is 35.8 Å². The zero-order valence-corrected chi connectivity index (χ0v) is 13.4. The zero-order chi connectivity index (χ0) is 14.8. The summed E-state index contributed by atoms with van der Waals surface area (Å²) in [5.74, 6) is 1.02. The minimum atomic E-state index is 0.819. The quantitative estimate of drug-likeness (QED) is 0.781. The Kier molecular flexibility index (Phi) is 3.94. The second-order valence-electron chi connectivity index (χ2n) is 5.12. The van der Waals surface area contributed by atoms with Crippen LogP contribution in [0.5, 0.6) is 0 Å². The highest BCUT2D eigenvalue weighted by Gasteiger charge is 2.17. The summed E-state index contributed by atoms with van der Waals surface area (Å²) >= 11 is 1.67. The molecule has 4 nitrogen and oxygen atoms in total. The van der Waals surface area contributed by atoms with E-state index in [-0.39, 0.29) is 0 Å². The minimum Gasteiger partial charge on any atom is -0.328 e. The number of nitrogens with one attached hydrogen (secondary N) is 1. The molecular weight excluding hydrogens is 280 g/mol. The topological polar surface area (TPSA) is 32.6 Å². The Hall–Kier alpha value is -1.85. The molecule has 0 aliphatic heterocycles. The van der Waals surface area contributed by atoms with E-state index in [1.807, 2.05) is 0 Å².